The van der Waals surface area contributed by atoms with Crippen molar-refractivity contribution in [1.29, 1.82) is 5.41 Å². The van der Waals surface area contributed by atoms with Crippen molar-refractivity contribution in [3.05, 3.63) is 5.32 Å². The number of nitrogens with zero attached hydrogens (tertiary/aromatic N) is 1. The number of rotatable bonds is 1. The summed E-state index contributed by atoms with van der Waals surface area (Å²) >= 11 is 0. The molecule has 1 N–H and O–H groups in total. The molecule has 0 bridgehead atoms. The maximum atomic E-state index is 9.78. The molecule has 1 rings (SSSR count). The molecule has 0 amide bonds. The van der Waals surface area contributed by atoms with E-state index in [1.165, 1.54) is 0 Å². The Balaban J connectivity index is 0.000000360. The molecule has 1 aliphatic heterocycles. The Bertz CT molecular complexity index is 81.0. The van der Waals surface area contributed by atoms with Gasteiger partial charge in [0.25, 0.3) is 0 Å². The molecule has 43 valence electrons. The molecule has 1 atom stereocenters. The van der Waals surface area contributed by atoms with Crippen LogP contribution in [0.4, 0.5) is 0 Å². The fourth-order valence-corrected chi connectivity index (χ4v) is 0.219. The van der Waals surface area contributed by atoms with Crippen molar-refractivity contribution in [3.8, 4) is 0 Å². The second kappa shape index (κ2) is 2.31. The Morgan fingerprint density at radius 1 is 1.86 bits per heavy atom. The van der Waals surface area contributed by atoms with Crippen LogP contribution in [0.25, 0.3) is 5.32 Å². The standard InChI is InChI=1S/C3H5N2O.Cu/c4-3(6)2-1-5-2;/h2H,1H2,(H2,4,6);/q-1;+2/p-1. The van der Waals surface area contributed by atoms with E-state index in [4.69, 9.17) is 5.41 Å². The fraction of sp³-hybridized carbons (Fsp3) is 0.667. The van der Waals surface area contributed by atoms with Crippen LogP contribution in [0.15, 0.2) is 0 Å². The number of nitrogens with one attached hydrogen (secondary N) is 1. The summed E-state index contributed by atoms with van der Waals surface area (Å²) in [6, 6.07) is -0.245. The molecular weight excluding hydrogens is 144 g/mol. The van der Waals surface area contributed by atoms with Gasteiger partial charge in [-0.1, -0.05) is 5.90 Å². The van der Waals surface area contributed by atoms with E-state index in [1.807, 2.05) is 0 Å². The first-order valence-corrected chi connectivity index (χ1v) is 1.73. The average molecular weight is 148 g/mol. The topological polar surface area (TPSA) is 61.0 Å². The molecule has 1 heterocycles. The first-order valence-electron chi connectivity index (χ1n) is 1.73. The van der Waals surface area contributed by atoms with E-state index in [0.29, 0.717) is 6.54 Å². The minimum absolute atomic E-state index is 0. The van der Waals surface area contributed by atoms with Crippen LogP contribution >= 0.6 is 0 Å². The third kappa shape index (κ3) is 1.92. The van der Waals surface area contributed by atoms with Crippen LogP contribution in [0.2, 0.25) is 0 Å². The molecule has 1 saturated heterocycles. The van der Waals surface area contributed by atoms with Crippen LogP contribution in [0, 0.1) is 5.41 Å². The molecule has 1 unspecified atom stereocenters. The van der Waals surface area contributed by atoms with Crippen LogP contribution in [0.5, 0.6) is 0 Å². The summed E-state index contributed by atoms with van der Waals surface area (Å²) in [6.07, 6.45) is 0. The van der Waals surface area contributed by atoms with E-state index in [1.54, 1.807) is 0 Å². The first-order chi connectivity index (χ1) is 2.80. The maximum absolute atomic E-state index is 9.78. The SMILES string of the molecule is N=C([O-])C1C[N-]1.[Cu+2]. The van der Waals surface area contributed by atoms with Crippen LogP contribution in [0.3, 0.4) is 0 Å². The van der Waals surface area contributed by atoms with E-state index >= 15 is 0 Å². The molecule has 4 heteroatoms. The second-order valence-corrected chi connectivity index (χ2v) is 1.25. The second-order valence-electron chi connectivity index (χ2n) is 1.25. The zero-order chi connectivity index (χ0) is 4.57. The van der Waals surface area contributed by atoms with Crippen molar-refractivity contribution >= 4 is 5.90 Å². The minimum Gasteiger partial charge on any atom is -0.863 e. The summed E-state index contributed by atoms with van der Waals surface area (Å²) in [7, 11) is 0. The van der Waals surface area contributed by atoms with Gasteiger partial charge in [0, 0.05) is 0 Å². The molecule has 7 heavy (non-hydrogen) atoms. The zero-order valence-electron chi connectivity index (χ0n) is 3.44. The van der Waals surface area contributed by atoms with E-state index in [9.17, 15) is 5.11 Å². The van der Waals surface area contributed by atoms with Gasteiger partial charge in [-0.3, -0.25) is 0 Å². The van der Waals surface area contributed by atoms with Crippen molar-refractivity contribution in [2.24, 2.45) is 0 Å². The number of hydrogen-bond acceptors (Lipinski definition) is 2. The monoisotopic (exact) mass is 147 g/mol. The van der Waals surface area contributed by atoms with Crippen molar-refractivity contribution in [1.82, 2.24) is 0 Å². The third-order valence-corrected chi connectivity index (χ3v) is 0.668. The van der Waals surface area contributed by atoms with Gasteiger partial charge in [-0.25, -0.2) is 0 Å². The molecule has 0 aliphatic carbocycles. The van der Waals surface area contributed by atoms with Gasteiger partial charge in [0.1, 0.15) is 0 Å². The van der Waals surface area contributed by atoms with Gasteiger partial charge >= 0.3 is 17.1 Å². The largest absolute Gasteiger partial charge is 2.00 e. The van der Waals surface area contributed by atoms with Gasteiger partial charge < -0.3 is 15.8 Å². The predicted molar refractivity (Wildman–Crippen MR) is 19.7 cm³/mol. The quantitative estimate of drug-likeness (QED) is 0.222. The molecule has 0 aromatic heterocycles. The Labute approximate surface area is 52.1 Å². The van der Waals surface area contributed by atoms with Crippen LogP contribution < -0.4 is 5.11 Å². The van der Waals surface area contributed by atoms with Gasteiger partial charge in [0.15, 0.2) is 0 Å². The van der Waals surface area contributed by atoms with Crippen LogP contribution in [0.1, 0.15) is 0 Å². The zero-order valence-corrected chi connectivity index (χ0v) is 4.38. The van der Waals surface area contributed by atoms with Gasteiger partial charge in [0.05, 0.1) is 0 Å². The molecule has 1 radical (unpaired) electrons. The van der Waals surface area contributed by atoms with Crippen molar-refractivity contribution < 1.29 is 22.2 Å². The minimum atomic E-state index is -0.546. The third-order valence-electron chi connectivity index (χ3n) is 0.668. The molecule has 1 aliphatic rings. The van der Waals surface area contributed by atoms with Gasteiger partial charge in [-0.05, 0) is 0 Å². The van der Waals surface area contributed by atoms with Crippen molar-refractivity contribution in [3.63, 3.8) is 0 Å². The van der Waals surface area contributed by atoms with E-state index in [0.717, 1.165) is 0 Å². The van der Waals surface area contributed by atoms with Gasteiger partial charge in [-0.2, -0.15) is 6.54 Å². The Morgan fingerprint density at radius 3 is 2.29 bits per heavy atom. The fourth-order valence-electron chi connectivity index (χ4n) is 0.219. The predicted octanol–water partition coefficient (Wildman–Crippen LogP) is -0.923. The van der Waals surface area contributed by atoms with Crippen LogP contribution in [-0.4, -0.2) is 18.5 Å². The molecular formula is C3H4CuN2O. The Hall–Kier alpha value is -0.0505. The van der Waals surface area contributed by atoms with E-state index in [-0.39, 0.29) is 23.1 Å². The smallest absolute Gasteiger partial charge is 0.863 e. The molecule has 0 aromatic rings. The Morgan fingerprint density at radius 2 is 2.29 bits per heavy atom. The molecule has 3 nitrogen and oxygen atoms in total. The summed E-state index contributed by atoms with van der Waals surface area (Å²) in [5.41, 5.74) is 0. The first kappa shape index (κ1) is 6.95. The normalized spacial score (nSPS) is 25.4. The Kier molecular flexibility index (Phi) is 2.29. The number of hydrogen-bond donors (Lipinski definition) is 1. The molecule has 1 fully saturated rings. The van der Waals surface area contributed by atoms with Gasteiger partial charge in [-0.15, -0.1) is 6.04 Å². The summed E-state index contributed by atoms with van der Waals surface area (Å²) in [4.78, 5) is 0. The van der Waals surface area contributed by atoms with Crippen LogP contribution in [-0.2, 0) is 17.1 Å². The van der Waals surface area contributed by atoms with Crippen molar-refractivity contribution in [2.75, 3.05) is 6.54 Å². The molecule has 0 aromatic carbocycles. The van der Waals surface area contributed by atoms with Crippen molar-refractivity contribution in [2.45, 2.75) is 6.04 Å². The average Bonchev–Trinajstić information content (AvgIpc) is 2.06. The maximum Gasteiger partial charge on any atom is 2.00 e. The van der Waals surface area contributed by atoms with E-state index in [2.05, 4.69) is 5.32 Å². The summed E-state index contributed by atoms with van der Waals surface area (Å²) in [5.74, 6) is -0.546. The van der Waals surface area contributed by atoms with E-state index < -0.39 is 5.90 Å². The summed E-state index contributed by atoms with van der Waals surface area (Å²) < 4.78 is 0. The molecule has 0 spiro atoms. The molecule has 0 saturated carbocycles. The summed E-state index contributed by atoms with van der Waals surface area (Å²) in [6.45, 7) is 0.586. The summed E-state index contributed by atoms with van der Waals surface area (Å²) in [5, 5.41) is 19.7. The van der Waals surface area contributed by atoms with Gasteiger partial charge in [0.2, 0.25) is 0 Å².